The molecular weight excluding hydrogens is 386 g/mol. The van der Waals surface area contributed by atoms with Crippen molar-refractivity contribution in [3.05, 3.63) is 53.3 Å². The van der Waals surface area contributed by atoms with E-state index in [-0.39, 0.29) is 4.90 Å². The van der Waals surface area contributed by atoms with Crippen LogP contribution in [0.25, 0.3) is 16.9 Å². The van der Waals surface area contributed by atoms with Crippen LogP contribution in [0.4, 0.5) is 0 Å². The molecule has 3 heterocycles. The number of nitrogens with zero attached hydrogens (tertiary/aromatic N) is 3. The minimum atomic E-state index is -3.30. The Morgan fingerprint density at radius 3 is 2.48 bits per heavy atom. The number of sulfone groups is 1. The van der Waals surface area contributed by atoms with E-state index in [4.69, 9.17) is 21.3 Å². The number of pyridine rings is 1. The van der Waals surface area contributed by atoms with Crippen molar-refractivity contribution in [2.75, 3.05) is 32.6 Å². The highest BCUT2D eigenvalue weighted by molar-refractivity contribution is 7.90. The van der Waals surface area contributed by atoms with Crippen molar-refractivity contribution in [2.45, 2.75) is 11.4 Å². The van der Waals surface area contributed by atoms with Gasteiger partial charge in [-0.05, 0) is 24.3 Å². The van der Waals surface area contributed by atoms with Crippen LogP contribution in [0.15, 0.2) is 47.5 Å². The number of ether oxygens (including phenoxy) is 1. The number of fused-ring (bicyclic) bond motifs is 1. The molecule has 1 aromatic carbocycles. The number of halogens is 1. The normalized spacial score (nSPS) is 16.1. The first kappa shape index (κ1) is 18.4. The quantitative estimate of drug-likeness (QED) is 0.667. The first-order valence-electron chi connectivity index (χ1n) is 8.69. The van der Waals surface area contributed by atoms with Crippen molar-refractivity contribution in [2.24, 2.45) is 0 Å². The molecule has 0 aliphatic carbocycles. The van der Waals surface area contributed by atoms with Gasteiger partial charge >= 0.3 is 0 Å². The average molecular weight is 406 g/mol. The summed E-state index contributed by atoms with van der Waals surface area (Å²) in [7, 11) is -3.30. The predicted octanol–water partition coefficient (Wildman–Crippen LogP) is 2.89. The van der Waals surface area contributed by atoms with Crippen LogP contribution in [-0.4, -0.2) is 55.3 Å². The van der Waals surface area contributed by atoms with Crippen LogP contribution < -0.4 is 0 Å². The SMILES string of the molecule is CS(=O)(=O)c1ccc2nc(-c3ccc(Cl)cc3)c(CN3CCOCC3)n2c1. The van der Waals surface area contributed by atoms with Crippen LogP contribution in [0, 0.1) is 0 Å². The van der Waals surface area contributed by atoms with Gasteiger partial charge in [-0.1, -0.05) is 23.7 Å². The van der Waals surface area contributed by atoms with Crippen molar-refractivity contribution in [1.82, 2.24) is 14.3 Å². The van der Waals surface area contributed by atoms with Crippen molar-refractivity contribution in [3.63, 3.8) is 0 Å². The monoisotopic (exact) mass is 405 g/mol. The summed E-state index contributed by atoms with van der Waals surface area (Å²) in [6.45, 7) is 3.72. The first-order chi connectivity index (χ1) is 12.9. The molecule has 1 saturated heterocycles. The summed E-state index contributed by atoms with van der Waals surface area (Å²) in [6.07, 6.45) is 2.87. The van der Waals surface area contributed by atoms with Gasteiger partial charge in [0, 0.05) is 42.7 Å². The third kappa shape index (κ3) is 3.87. The highest BCUT2D eigenvalue weighted by atomic mass is 35.5. The molecule has 1 aliphatic rings. The summed E-state index contributed by atoms with van der Waals surface area (Å²) >= 11 is 6.03. The summed E-state index contributed by atoms with van der Waals surface area (Å²) in [4.78, 5) is 7.34. The zero-order valence-electron chi connectivity index (χ0n) is 14.9. The number of morpholine rings is 1. The fourth-order valence-electron chi connectivity index (χ4n) is 3.25. The Hall–Kier alpha value is -1.93. The Bertz CT molecular complexity index is 1070. The third-order valence-electron chi connectivity index (χ3n) is 4.71. The van der Waals surface area contributed by atoms with Gasteiger partial charge in [0.1, 0.15) is 5.65 Å². The number of benzene rings is 1. The Balaban J connectivity index is 1.87. The van der Waals surface area contributed by atoms with E-state index in [0.29, 0.717) is 24.8 Å². The van der Waals surface area contributed by atoms with Crippen LogP contribution in [0.2, 0.25) is 5.02 Å². The summed E-state index contributed by atoms with van der Waals surface area (Å²) in [5, 5.41) is 0.664. The van der Waals surface area contributed by atoms with E-state index in [1.54, 1.807) is 18.3 Å². The molecule has 0 saturated carbocycles. The van der Waals surface area contributed by atoms with E-state index in [1.165, 1.54) is 6.26 Å². The van der Waals surface area contributed by atoms with E-state index < -0.39 is 9.84 Å². The lowest BCUT2D eigenvalue weighted by Crippen LogP contribution is -2.36. The highest BCUT2D eigenvalue weighted by Gasteiger charge is 2.20. The fraction of sp³-hybridized carbons (Fsp3) is 0.316. The van der Waals surface area contributed by atoms with Gasteiger partial charge < -0.3 is 9.14 Å². The van der Waals surface area contributed by atoms with Gasteiger partial charge in [0.15, 0.2) is 9.84 Å². The maximum atomic E-state index is 12.0. The van der Waals surface area contributed by atoms with Crippen LogP contribution in [-0.2, 0) is 21.1 Å². The molecule has 0 unspecified atom stereocenters. The molecule has 2 aromatic heterocycles. The second kappa shape index (κ2) is 7.24. The molecule has 1 fully saturated rings. The molecule has 0 bridgehead atoms. The minimum Gasteiger partial charge on any atom is -0.379 e. The van der Waals surface area contributed by atoms with Crippen molar-refractivity contribution < 1.29 is 13.2 Å². The maximum Gasteiger partial charge on any atom is 0.176 e. The Kier molecular flexibility index (Phi) is 4.94. The molecule has 0 N–H and O–H groups in total. The number of rotatable bonds is 4. The lowest BCUT2D eigenvalue weighted by atomic mass is 10.1. The largest absolute Gasteiger partial charge is 0.379 e. The number of aromatic nitrogens is 2. The van der Waals surface area contributed by atoms with Crippen LogP contribution >= 0.6 is 11.6 Å². The zero-order chi connectivity index (χ0) is 19.0. The minimum absolute atomic E-state index is 0.276. The number of hydrogen-bond acceptors (Lipinski definition) is 5. The van der Waals surface area contributed by atoms with Crippen LogP contribution in [0.3, 0.4) is 0 Å². The smallest absolute Gasteiger partial charge is 0.176 e. The van der Waals surface area contributed by atoms with Gasteiger partial charge in [0.25, 0.3) is 0 Å². The Morgan fingerprint density at radius 2 is 1.81 bits per heavy atom. The van der Waals surface area contributed by atoms with Gasteiger partial charge in [-0.25, -0.2) is 13.4 Å². The summed E-state index contributed by atoms with van der Waals surface area (Å²) < 4.78 is 31.4. The highest BCUT2D eigenvalue weighted by Crippen LogP contribution is 2.28. The van der Waals surface area contributed by atoms with E-state index in [9.17, 15) is 8.42 Å². The Labute approximate surface area is 163 Å². The topological polar surface area (TPSA) is 63.9 Å². The lowest BCUT2D eigenvalue weighted by Gasteiger charge is -2.26. The van der Waals surface area contributed by atoms with Crippen LogP contribution in [0.1, 0.15) is 5.69 Å². The zero-order valence-corrected chi connectivity index (χ0v) is 16.5. The molecule has 0 spiro atoms. The molecular formula is C19H20ClN3O3S. The predicted molar refractivity (Wildman–Crippen MR) is 105 cm³/mol. The standard InChI is InChI=1S/C19H20ClN3O3S/c1-27(24,25)16-6-7-18-21-19(14-2-4-15(20)5-3-14)17(23(18)12-16)13-22-8-10-26-11-9-22/h2-7,12H,8-11,13H2,1H3. The summed E-state index contributed by atoms with van der Waals surface area (Å²) in [5.41, 5.74) is 3.46. The van der Waals surface area contributed by atoms with E-state index in [2.05, 4.69) is 4.90 Å². The molecule has 3 aromatic rings. The number of imidazole rings is 1. The molecule has 4 rings (SSSR count). The van der Waals surface area contributed by atoms with Gasteiger partial charge in [-0.2, -0.15) is 0 Å². The lowest BCUT2D eigenvalue weighted by molar-refractivity contribution is 0.0336. The second-order valence-corrected chi connectivity index (χ2v) is 9.12. The molecule has 142 valence electrons. The number of hydrogen-bond donors (Lipinski definition) is 0. The molecule has 0 amide bonds. The molecule has 0 atom stereocenters. The summed E-state index contributed by atoms with van der Waals surface area (Å²) in [5.74, 6) is 0. The van der Waals surface area contributed by atoms with E-state index in [0.717, 1.165) is 35.7 Å². The molecule has 1 aliphatic heterocycles. The molecule has 27 heavy (non-hydrogen) atoms. The van der Waals surface area contributed by atoms with Gasteiger partial charge in [-0.15, -0.1) is 0 Å². The second-order valence-electron chi connectivity index (χ2n) is 6.67. The molecule has 6 nitrogen and oxygen atoms in total. The Morgan fingerprint density at radius 1 is 1.11 bits per heavy atom. The van der Waals surface area contributed by atoms with E-state index in [1.807, 2.05) is 28.7 Å². The average Bonchev–Trinajstić information content (AvgIpc) is 3.00. The van der Waals surface area contributed by atoms with Gasteiger partial charge in [0.2, 0.25) is 0 Å². The fourth-order valence-corrected chi connectivity index (χ4v) is 3.99. The van der Waals surface area contributed by atoms with Crippen LogP contribution in [0.5, 0.6) is 0 Å². The summed E-state index contributed by atoms with van der Waals surface area (Å²) in [6, 6.07) is 10.9. The van der Waals surface area contributed by atoms with Crippen molar-refractivity contribution in [1.29, 1.82) is 0 Å². The van der Waals surface area contributed by atoms with Crippen molar-refractivity contribution >= 4 is 27.1 Å². The first-order valence-corrected chi connectivity index (χ1v) is 11.0. The molecule has 8 heteroatoms. The third-order valence-corrected chi connectivity index (χ3v) is 6.06. The van der Waals surface area contributed by atoms with E-state index >= 15 is 0 Å². The maximum absolute atomic E-state index is 12.0. The molecule has 0 radical (unpaired) electrons. The van der Waals surface area contributed by atoms with Gasteiger partial charge in [-0.3, -0.25) is 4.90 Å². The van der Waals surface area contributed by atoms with Gasteiger partial charge in [0.05, 0.1) is 29.5 Å². The van der Waals surface area contributed by atoms with Crippen molar-refractivity contribution in [3.8, 4) is 11.3 Å².